The molecule has 26 nitrogen and oxygen atoms in total. The molecule has 0 heterocycles. The second-order valence-corrected chi connectivity index (χ2v) is 23.2. The zero-order chi connectivity index (χ0) is 60.4. The predicted octanol–water partition coefficient (Wildman–Crippen LogP) is 1.22. The van der Waals surface area contributed by atoms with Crippen LogP contribution in [0.4, 0.5) is 19.2 Å². The Labute approximate surface area is 462 Å². The number of urea groups is 3. The molecule has 0 bridgehead atoms. The molecule has 14 amide bonds. The molecule has 0 aromatic rings. The van der Waals surface area contributed by atoms with Gasteiger partial charge in [-0.15, -0.1) is 0 Å². The van der Waals surface area contributed by atoms with Gasteiger partial charge in [0.25, 0.3) is 0 Å². The van der Waals surface area contributed by atoms with E-state index in [2.05, 4.69) is 69.1 Å². The maximum atomic E-state index is 13.6. The van der Waals surface area contributed by atoms with Crippen molar-refractivity contribution in [2.45, 2.75) is 216 Å². The van der Waals surface area contributed by atoms with Gasteiger partial charge in [0.1, 0.15) is 47.9 Å². The lowest BCUT2D eigenvalue weighted by Crippen LogP contribution is -2.59. The maximum Gasteiger partial charge on any atom is 0.407 e. The molecule has 0 aromatic carbocycles. The van der Waals surface area contributed by atoms with Crippen LogP contribution < -0.4 is 74.9 Å². The summed E-state index contributed by atoms with van der Waals surface area (Å²) in [6.45, 7) is 31.5. The highest BCUT2D eigenvalue weighted by Crippen LogP contribution is 2.12. The summed E-state index contributed by atoms with van der Waals surface area (Å²) in [6.07, 6.45) is 0.425. The Bertz CT molecular complexity index is 2000. The number of carbonyl (C=O) groups is 11. The molecular formula is C52H98N14O12. The van der Waals surface area contributed by atoms with Gasteiger partial charge in [0, 0.05) is 31.7 Å². The van der Waals surface area contributed by atoms with Crippen molar-refractivity contribution in [1.82, 2.24) is 69.1 Å². The molecule has 0 aromatic heterocycles. The zero-order valence-electron chi connectivity index (χ0n) is 49.6. The first-order valence-electron chi connectivity index (χ1n) is 27.1. The van der Waals surface area contributed by atoms with Gasteiger partial charge in [-0.05, 0) is 111 Å². The second kappa shape index (κ2) is 35.0. The van der Waals surface area contributed by atoms with Gasteiger partial charge in [-0.3, -0.25) is 33.6 Å². The number of primary amides is 1. The van der Waals surface area contributed by atoms with Crippen LogP contribution in [0.25, 0.3) is 0 Å². The summed E-state index contributed by atoms with van der Waals surface area (Å²) in [6, 6.07) is -11.0. The number of hydrogen-bond acceptors (Lipinski definition) is 12. The summed E-state index contributed by atoms with van der Waals surface area (Å²) in [7, 11) is 0. The van der Waals surface area contributed by atoms with Crippen LogP contribution in [0.5, 0.6) is 0 Å². The number of nitrogens with one attached hydrogen (secondary N) is 13. The molecule has 78 heavy (non-hydrogen) atoms. The number of amides is 14. The summed E-state index contributed by atoms with van der Waals surface area (Å²) in [5, 5.41) is 34.6. The highest BCUT2D eigenvalue weighted by molar-refractivity contribution is 5.97. The molecule has 15 N–H and O–H groups in total. The molecule has 26 heteroatoms. The van der Waals surface area contributed by atoms with Crippen LogP contribution in [-0.2, 0) is 38.3 Å². The molecule has 0 spiro atoms. The van der Waals surface area contributed by atoms with Crippen LogP contribution in [0.2, 0.25) is 0 Å². The van der Waals surface area contributed by atoms with Crippen molar-refractivity contribution in [2.24, 2.45) is 35.3 Å². The van der Waals surface area contributed by atoms with Crippen LogP contribution in [0.15, 0.2) is 0 Å². The van der Waals surface area contributed by atoms with E-state index in [1.165, 1.54) is 27.7 Å². The first-order valence-corrected chi connectivity index (χ1v) is 27.1. The molecule has 10 atom stereocenters. The predicted molar refractivity (Wildman–Crippen MR) is 296 cm³/mol. The third kappa shape index (κ3) is 31.6. The summed E-state index contributed by atoms with van der Waals surface area (Å²) in [4.78, 5) is 143. The summed E-state index contributed by atoms with van der Waals surface area (Å²) < 4.78 is 5.32. The van der Waals surface area contributed by atoms with Gasteiger partial charge in [0.05, 0.1) is 6.04 Å². The normalized spacial score (nSPS) is 15.3. The Morgan fingerprint density at radius 3 is 1.10 bits per heavy atom. The molecule has 0 fully saturated rings. The van der Waals surface area contributed by atoms with E-state index < -0.39 is 132 Å². The van der Waals surface area contributed by atoms with Gasteiger partial charge < -0.3 is 79.6 Å². The van der Waals surface area contributed by atoms with Crippen LogP contribution >= 0.6 is 0 Å². The first-order chi connectivity index (χ1) is 35.9. The molecule has 0 aliphatic rings. The fraction of sp³-hybridized carbons (Fsp3) is 0.788. The number of rotatable bonds is 32. The standard InChI is InChI=1S/C52H98N14O12/c1-26(2)19-36(62-50(76)54-23-31(11)57-48(74)56-25-40(30(9)10)66-51(77)78-52(16,17)18)24-55-49(75)61-35(15)44(70)65-39(22-29(7)8)47(73)60-34(14)43(69)64-38(21-28(5)6)46(72)59-33(13)42(68)63-37(20-27(3)4)45(71)58-32(12)41(53)67/h26-40H,19-25H2,1-18H3,(H2,53,67)(H,58,71)(H,59,72)(H,60,73)(H,63,68)(H,64,69)(H,65,70)(H,66,77)(H2,54,62,76)(H2,55,61,75)(H2,56,57,74). The monoisotopic (exact) mass is 1110 g/mol. The summed E-state index contributed by atoms with van der Waals surface area (Å²) in [5.41, 5.74) is 4.60. The van der Waals surface area contributed by atoms with Crippen molar-refractivity contribution < 1.29 is 57.5 Å². The number of carbonyl (C=O) groups excluding carboxylic acids is 11. The van der Waals surface area contributed by atoms with Crippen LogP contribution in [-0.4, -0.2) is 151 Å². The molecule has 0 aliphatic heterocycles. The zero-order valence-corrected chi connectivity index (χ0v) is 49.6. The van der Waals surface area contributed by atoms with Crippen LogP contribution in [0.3, 0.4) is 0 Å². The van der Waals surface area contributed by atoms with E-state index in [0.29, 0.717) is 6.42 Å². The van der Waals surface area contributed by atoms with Crippen molar-refractivity contribution in [3.63, 3.8) is 0 Å². The molecule has 0 radical (unpaired) electrons. The molecule has 0 saturated carbocycles. The molecule has 448 valence electrons. The van der Waals surface area contributed by atoms with Crippen LogP contribution in [0.1, 0.15) is 150 Å². The molecular weight excluding hydrogens is 1010 g/mol. The lowest BCUT2D eigenvalue weighted by Gasteiger charge is -2.27. The highest BCUT2D eigenvalue weighted by Gasteiger charge is 2.32. The highest BCUT2D eigenvalue weighted by atomic mass is 16.6. The molecule has 0 saturated heterocycles. The maximum absolute atomic E-state index is 13.6. The van der Waals surface area contributed by atoms with E-state index in [0.717, 1.165) is 0 Å². The SMILES string of the molecule is CC(C)CC(CNC(=O)NC(C)C(=O)NC(CC(C)C)C(=O)NC(C)C(=O)NC(CC(C)C)C(=O)NC(C)C(=O)NC(CC(C)C)C(=O)NC(C)C(N)=O)NC(=O)NCC(C)NC(=O)NCC(NC(=O)OC(C)(C)C)C(C)C. The van der Waals surface area contributed by atoms with E-state index in [4.69, 9.17) is 10.5 Å². The van der Waals surface area contributed by atoms with Gasteiger partial charge >= 0.3 is 24.2 Å². The van der Waals surface area contributed by atoms with Gasteiger partial charge in [-0.25, -0.2) is 19.2 Å². The van der Waals surface area contributed by atoms with E-state index in [-0.39, 0.29) is 68.5 Å². The topological polar surface area (TPSA) is 379 Å². The van der Waals surface area contributed by atoms with Crippen molar-refractivity contribution >= 4 is 65.5 Å². The smallest absolute Gasteiger partial charge is 0.407 e. The average molecular weight is 1110 g/mol. The minimum atomic E-state index is -1.20. The molecule has 0 rings (SSSR count). The Hall–Kier alpha value is -6.63. The van der Waals surface area contributed by atoms with E-state index in [9.17, 15) is 52.7 Å². The average Bonchev–Trinajstić information content (AvgIpc) is 3.28. The lowest BCUT2D eigenvalue weighted by atomic mass is 10.0. The van der Waals surface area contributed by atoms with Gasteiger partial charge in [-0.1, -0.05) is 69.2 Å². The van der Waals surface area contributed by atoms with Gasteiger partial charge in [0.2, 0.25) is 41.4 Å². The van der Waals surface area contributed by atoms with Crippen molar-refractivity contribution in [3.8, 4) is 0 Å². The Morgan fingerprint density at radius 2 is 0.731 bits per heavy atom. The Balaban J connectivity index is 5.50. The second-order valence-electron chi connectivity index (χ2n) is 23.2. The van der Waals surface area contributed by atoms with Gasteiger partial charge in [0.15, 0.2) is 0 Å². The number of alkyl carbamates (subject to hydrolysis) is 1. The third-order valence-corrected chi connectivity index (χ3v) is 11.6. The largest absolute Gasteiger partial charge is 0.444 e. The number of hydrogen-bond donors (Lipinski definition) is 14. The van der Waals surface area contributed by atoms with Crippen molar-refractivity contribution in [3.05, 3.63) is 0 Å². The van der Waals surface area contributed by atoms with E-state index in [1.54, 1.807) is 27.7 Å². The number of ether oxygens (including phenoxy) is 1. The minimum Gasteiger partial charge on any atom is -0.444 e. The molecule has 10 unspecified atom stereocenters. The van der Waals surface area contributed by atoms with Gasteiger partial charge in [-0.2, -0.15) is 0 Å². The first kappa shape index (κ1) is 71.4. The van der Waals surface area contributed by atoms with Crippen molar-refractivity contribution in [1.29, 1.82) is 0 Å². The third-order valence-electron chi connectivity index (χ3n) is 11.6. The number of nitrogens with two attached hydrogens (primary N) is 1. The van der Waals surface area contributed by atoms with Crippen molar-refractivity contribution in [2.75, 3.05) is 19.6 Å². The summed E-state index contributed by atoms with van der Waals surface area (Å²) >= 11 is 0. The summed E-state index contributed by atoms with van der Waals surface area (Å²) in [5.74, 6) is -5.02. The fourth-order valence-corrected chi connectivity index (χ4v) is 7.36. The minimum absolute atomic E-state index is 0.0120. The molecule has 0 aliphatic carbocycles. The quantitative estimate of drug-likeness (QED) is 0.0452. The lowest BCUT2D eigenvalue weighted by molar-refractivity contribution is -0.135. The van der Waals surface area contributed by atoms with Crippen LogP contribution in [0, 0.1) is 29.6 Å². The van der Waals surface area contributed by atoms with E-state index in [1.807, 2.05) is 69.2 Å². The Morgan fingerprint density at radius 1 is 0.385 bits per heavy atom. The fourth-order valence-electron chi connectivity index (χ4n) is 7.36. The Kier molecular flexibility index (Phi) is 32.0. The van der Waals surface area contributed by atoms with E-state index >= 15 is 0 Å².